The molecular weight excluding hydrogens is 338 g/mol. The fourth-order valence-corrected chi connectivity index (χ4v) is 5.20. The van der Waals surface area contributed by atoms with Gasteiger partial charge in [0.15, 0.2) is 0 Å². The number of fused-ring (bicyclic) bond motifs is 1. The Morgan fingerprint density at radius 2 is 1.96 bits per heavy atom. The van der Waals surface area contributed by atoms with Crippen molar-refractivity contribution in [3.63, 3.8) is 0 Å². The Morgan fingerprint density at radius 3 is 2.67 bits per heavy atom. The Morgan fingerprint density at radius 1 is 1.17 bits per heavy atom. The van der Waals surface area contributed by atoms with Crippen LogP contribution in [-0.2, 0) is 4.79 Å². The highest BCUT2D eigenvalue weighted by atomic mass is 32.2. The van der Waals surface area contributed by atoms with Gasteiger partial charge < -0.3 is 5.32 Å². The van der Waals surface area contributed by atoms with E-state index < -0.39 is 0 Å². The van der Waals surface area contributed by atoms with Gasteiger partial charge >= 0.3 is 0 Å². The van der Waals surface area contributed by atoms with Crippen LogP contribution in [-0.4, -0.2) is 20.9 Å². The molecule has 2 aromatic heterocycles. The molecule has 2 atom stereocenters. The molecule has 24 heavy (non-hydrogen) atoms. The summed E-state index contributed by atoms with van der Waals surface area (Å²) in [6, 6.07) is 14.1. The van der Waals surface area contributed by atoms with Crippen LogP contribution in [0, 0.1) is 6.92 Å². The summed E-state index contributed by atoms with van der Waals surface area (Å²) >= 11 is 3.41. The van der Waals surface area contributed by atoms with E-state index >= 15 is 0 Å². The molecule has 3 aromatic rings. The van der Waals surface area contributed by atoms with Gasteiger partial charge in [-0.1, -0.05) is 24.3 Å². The molecule has 3 heterocycles. The van der Waals surface area contributed by atoms with Crippen molar-refractivity contribution in [2.24, 2.45) is 0 Å². The van der Waals surface area contributed by atoms with Gasteiger partial charge in [-0.3, -0.25) is 4.79 Å². The first-order chi connectivity index (χ1) is 11.6. The third kappa shape index (κ3) is 2.56. The number of hydrogen-bond donors (Lipinski definition) is 1. The maximum atomic E-state index is 12.5. The zero-order chi connectivity index (χ0) is 16.7. The van der Waals surface area contributed by atoms with E-state index in [9.17, 15) is 4.79 Å². The molecule has 4 nitrogen and oxygen atoms in total. The third-order valence-corrected chi connectivity index (χ3v) is 6.59. The molecule has 0 bridgehead atoms. The molecule has 0 saturated carbocycles. The standard InChI is InChI=1S/C18H17N3OS2/c1-11-15-16(14-9-6-10-23-14)24-12(2)18(22)19-17(15)21(20-11)13-7-4-3-5-8-13/h3-10,12,16H,1-2H3,(H,19,22)/t12-,16+/m0/s1. The number of amides is 1. The van der Waals surface area contributed by atoms with Crippen LogP contribution < -0.4 is 5.32 Å². The van der Waals surface area contributed by atoms with E-state index in [2.05, 4.69) is 22.8 Å². The van der Waals surface area contributed by atoms with Crippen molar-refractivity contribution in [1.82, 2.24) is 9.78 Å². The second kappa shape index (κ2) is 6.11. The number of aromatic nitrogens is 2. The van der Waals surface area contributed by atoms with E-state index in [0.29, 0.717) is 0 Å². The maximum absolute atomic E-state index is 12.5. The zero-order valence-corrected chi connectivity index (χ0v) is 15.0. The largest absolute Gasteiger partial charge is 0.309 e. The SMILES string of the molecule is Cc1nn(-c2ccccc2)c2c1[C@@H](c1cccs1)S[C@@H](C)C(=O)N2. The molecule has 122 valence electrons. The van der Waals surface area contributed by atoms with Crippen LogP contribution in [0.4, 0.5) is 5.82 Å². The van der Waals surface area contributed by atoms with Crippen molar-refractivity contribution in [3.05, 3.63) is 64.0 Å². The number of para-hydroxylation sites is 1. The number of thioether (sulfide) groups is 1. The van der Waals surface area contributed by atoms with Crippen LogP contribution in [0.25, 0.3) is 5.69 Å². The van der Waals surface area contributed by atoms with Gasteiger partial charge in [-0.2, -0.15) is 5.10 Å². The lowest BCUT2D eigenvalue weighted by Crippen LogP contribution is -2.22. The van der Waals surface area contributed by atoms with E-state index in [-0.39, 0.29) is 16.4 Å². The molecule has 6 heteroatoms. The normalized spacial score (nSPS) is 20.3. The summed E-state index contributed by atoms with van der Waals surface area (Å²) in [5, 5.41) is 9.89. The first-order valence-electron chi connectivity index (χ1n) is 7.80. The highest BCUT2D eigenvalue weighted by Gasteiger charge is 2.34. The number of benzene rings is 1. The van der Waals surface area contributed by atoms with Gasteiger partial charge in [0.05, 0.1) is 21.9 Å². The summed E-state index contributed by atoms with van der Waals surface area (Å²) in [5.74, 6) is 0.816. The van der Waals surface area contributed by atoms with E-state index in [1.54, 1.807) is 23.1 Å². The number of carbonyl (C=O) groups is 1. The van der Waals surface area contributed by atoms with Gasteiger partial charge in [-0.25, -0.2) is 4.68 Å². The number of nitrogens with zero attached hydrogens (tertiary/aromatic N) is 2. The number of thiophene rings is 1. The van der Waals surface area contributed by atoms with Crippen molar-refractivity contribution < 1.29 is 4.79 Å². The molecule has 0 fully saturated rings. The number of nitrogens with one attached hydrogen (secondary N) is 1. The molecule has 1 N–H and O–H groups in total. The molecule has 1 aromatic carbocycles. The second-order valence-electron chi connectivity index (χ2n) is 5.76. The Labute approximate surface area is 148 Å². The van der Waals surface area contributed by atoms with Gasteiger partial charge in [-0.05, 0) is 37.4 Å². The van der Waals surface area contributed by atoms with E-state index in [1.165, 1.54) is 4.88 Å². The van der Waals surface area contributed by atoms with Crippen molar-refractivity contribution >= 4 is 34.8 Å². The number of carbonyl (C=O) groups excluding carboxylic acids is 1. The monoisotopic (exact) mass is 355 g/mol. The fraction of sp³-hybridized carbons (Fsp3) is 0.222. The summed E-state index contributed by atoms with van der Waals surface area (Å²) in [5.41, 5.74) is 3.00. The Hall–Kier alpha value is -2.05. The van der Waals surface area contributed by atoms with Crippen LogP contribution in [0.15, 0.2) is 47.8 Å². The Kier molecular flexibility index (Phi) is 3.94. The van der Waals surface area contributed by atoms with E-state index in [0.717, 1.165) is 22.8 Å². The Bertz CT molecular complexity index is 871. The zero-order valence-electron chi connectivity index (χ0n) is 13.4. The summed E-state index contributed by atoms with van der Waals surface area (Å²) in [6.45, 7) is 3.98. The number of hydrogen-bond acceptors (Lipinski definition) is 4. The molecule has 0 aliphatic carbocycles. The average Bonchev–Trinajstić information content (AvgIpc) is 3.19. The van der Waals surface area contributed by atoms with Crippen LogP contribution >= 0.6 is 23.1 Å². The molecule has 0 saturated heterocycles. The molecule has 1 aliphatic heterocycles. The molecule has 1 amide bonds. The predicted molar refractivity (Wildman–Crippen MR) is 100 cm³/mol. The lowest BCUT2D eigenvalue weighted by molar-refractivity contribution is -0.115. The number of anilines is 1. The predicted octanol–water partition coefficient (Wildman–Crippen LogP) is 4.41. The molecule has 0 unspecified atom stereocenters. The highest BCUT2D eigenvalue weighted by Crippen LogP contribution is 2.47. The third-order valence-electron chi connectivity index (χ3n) is 4.12. The molecular formula is C18H17N3OS2. The van der Waals surface area contributed by atoms with Gasteiger partial charge in [0.25, 0.3) is 0 Å². The Balaban J connectivity index is 1.92. The molecule has 0 spiro atoms. The van der Waals surface area contributed by atoms with Gasteiger partial charge in [0, 0.05) is 10.4 Å². The van der Waals surface area contributed by atoms with Crippen molar-refractivity contribution in [2.45, 2.75) is 24.3 Å². The molecule has 4 rings (SSSR count). The lowest BCUT2D eigenvalue weighted by atomic mass is 10.1. The maximum Gasteiger partial charge on any atom is 0.238 e. The van der Waals surface area contributed by atoms with Gasteiger partial charge in [-0.15, -0.1) is 23.1 Å². The van der Waals surface area contributed by atoms with Crippen LogP contribution in [0.5, 0.6) is 0 Å². The summed E-state index contributed by atoms with van der Waals surface area (Å²) in [6.07, 6.45) is 0. The van der Waals surface area contributed by atoms with Crippen LogP contribution in [0.3, 0.4) is 0 Å². The fourth-order valence-electron chi connectivity index (χ4n) is 2.93. The smallest absolute Gasteiger partial charge is 0.238 e. The minimum Gasteiger partial charge on any atom is -0.309 e. The minimum absolute atomic E-state index is 0.0254. The van der Waals surface area contributed by atoms with Crippen LogP contribution in [0.1, 0.15) is 28.3 Å². The number of rotatable bonds is 2. The van der Waals surface area contributed by atoms with E-state index in [4.69, 9.17) is 5.10 Å². The molecule has 1 aliphatic rings. The summed E-state index contributed by atoms with van der Waals surface area (Å²) < 4.78 is 1.85. The second-order valence-corrected chi connectivity index (χ2v) is 8.19. The van der Waals surface area contributed by atoms with Crippen molar-refractivity contribution in [3.8, 4) is 5.69 Å². The summed E-state index contributed by atoms with van der Waals surface area (Å²) in [4.78, 5) is 13.8. The quantitative estimate of drug-likeness (QED) is 0.741. The summed E-state index contributed by atoms with van der Waals surface area (Å²) in [7, 11) is 0. The first kappa shape index (κ1) is 15.5. The number of aryl methyl sites for hydroxylation is 1. The first-order valence-corrected chi connectivity index (χ1v) is 9.62. The van der Waals surface area contributed by atoms with E-state index in [1.807, 2.05) is 48.9 Å². The van der Waals surface area contributed by atoms with Crippen molar-refractivity contribution in [2.75, 3.05) is 5.32 Å². The van der Waals surface area contributed by atoms with Crippen LogP contribution in [0.2, 0.25) is 0 Å². The van der Waals surface area contributed by atoms with Crippen molar-refractivity contribution in [1.29, 1.82) is 0 Å². The molecule has 0 radical (unpaired) electrons. The minimum atomic E-state index is -0.117. The topological polar surface area (TPSA) is 46.9 Å². The van der Waals surface area contributed by atoms with Gasteiger partial charge in [0.2, 0.25) is 5.91 Å². The highest BCUT2D eigenvalue weighted by molar-refractivity contribution is 8.01. The average molecular weight is 355 g/mol. The lowest BCUT2D eigenvalue weighted by Gasteiger charge is -2.15. The van der Waals surface area contributed by atoms with Gasteiger partial charge in [0.1, 0.15) is 5.82 Å².